The molecule has 1 aromatic carbocycles. The zero-order valence-corrected chi connectivity index (χ0v) is 17.0. The summed E-state index contributed by atoms with van der Waals surface area (Å²) in [5.41, 5.74) is 3.95. The molecule has 146 valence electrons. The van der Waals surface area contributed by atoms with Gasteiger partial charge in [0.1, 0.15) is 5.69 Å². The number of fused-ring (bicyclic) bond motifs is 1. The molecule has 2 heterocycles. The maximum atomic E-state index is 12.5. The van der Waals surface area contributed by atoms with Crippen LogP contribution in [0.3, 0.4) is 0 Å². The SMILES string of the molecule is CCOC(=O)c1[nH]c(/C=C2\C(=O)Nc3ccc(Br)cc32)c(CCC(=O)O)c1C. The maximum absolute atomic E-state index is 12.5. The summed E-state index contributed by atoms with van der Waals surface area (Å²) in [6.45, 7) is 3.67. The molecule has 3 N–H and O–H groups in total. The monoisotopic (exact) mass is 446 g/mol. The molecule has 1 aliphatic heterocycles. The van der Waals surface area contributed by atoms with Crippen LogP contribution in [0.2, 0.25) is 0 Å². The summed E-state index contributed by atoms with van der Waals surface area (Å²) in [6, 6.07) is 5.46. The molecule has 8 heteroatoms. The predicted octanol–water partition coefficient (Wildman–Crippen LogP) is 3.77. The van der Waals surface area contributed by atoms with Gasteiger partial charge in [-0.15, -0.1) is 0 Å². The van der Waals surface area contributed by atoms with Gasteiger partial charge in [0.05, 0.1) is 12.2 Å². The number of H-pyrrole nitrogens is 1. The Morgan fingerprint density at radius 3 is 2.75 bits per heavy atom. The third-order valence-corrected chi connectivity index (χ3v) is 5.03. The van der Waals surface area contributed by atoms with Gasteiger partial charge in [0.15, 0.2) is 0 Å². The van der Waals surface area contributed by atoms with Crippen LogP contribution < -0.4 is 5.32 Å². The van der Waals surface area contributed by atoms with E-state index < -0.39 is 11.9 Å². The Hall–Kier alpha value is -2.87. The van der Waals surface area contributed by atoms with E-state index in [1.54, 1.807) is 26.0 Å². The third-order valence-electron chi connectivity index (χ3n) is 4.53. The molecule has 28 heavy (non-hydrogen) atoms. The van der Waals surface area contributed by atoms with Crippen molar-refractivity contribution in [2.75, 3.05) is 11.9 Å². The summed E-state index contributed by atoms with van der Waals surface area (Å²) >= 11 is 3.40. The van der Waals surface area contributed by atoms with Crippen molar-refractivity contribution in [2.24, 2.45) is 0 Å². The Morgan fingerprint density at radius 1 is 1.32 bits per heavy atom. The molecule has 3 rings (SSSR count). The second-order valence-electron chi connectivity index (χ2n) is 6.33. The number of esters is 1. The minimum atomic E-state index is -0.940. The number of ether oxygens (including phenoxy) is 1. The van der Waals surface area contributed by atoms with Crippen molar-refractivity contribution >= 4 is 51.1 Å². The number of rotatable bonds is 6. The highest BCUT2D eigenvalue weighted by molar-refractivity contribution is 9.10. The number of aromatic amines is 1. The van der Waals surface area contributed by atoms with Gasteiger partial charge < -0.3 is 20.1 Å². The maximum Gasteiger partial charge on any atom is 0.355 e. The first-order valence-corrected chi connectivity index (χ1v) is 9.54. The lowest BCUT2D eigenvalue weighted by atomic mass is 10.0. The average molecular weight is 447 g/mol. The van der Waals surface area contributed by atoms with Gasteiger partial charge in [-0.25, -0.2) is 4.79 Å². The van der Waals surface area contributed by atoms with Crippen molar-refractivity contribution in [1.82, 2.24) is 4.98 Å². The number of carboxylic acid groups (broad SMARTS) is 1. The van der Waals surface area contributed by atoms with Crippen LogP contribution in [0.4, 0.5) is 5.69 Å². The first-order chi connectivity index (χ1) is 13.3. The van der Waals surface area contributed by atoms with Crippen LogP contribution in [0.25, 0.3) is 11.6 Å². The second-order valence-corrected chi connectivity index (χ2v) is 7.25. The van der Waals surface area contributed by atoms with Gasteiger partial charge in [-0.3, -0.25) is 9.59 Å². The molecule has 7 nitrogen and oxygen atoms in total. The molecule has 0 atom stereocenters. The fourth-order valence-electron chi connectivity index (χ4n) is 3.19. The zero-order valence-electron chi connectivity index (χ0n) is 15.4. The molecule has 0 spiro atoms. The lowest BCUT2D eigenvalue weighted by Gasteiger charge is -2.03. The average Bonchev–Trinajstić information content (AvgIpc) is 3.11. The number of amides is 1. The number of hydrogen-bond donors (Lipinski definition) is 3. The minimum absolute atomic E-state index is 0.0918. The van der Waals surface area contributed by atoms with Crippen molar-refractivity contribution in [2.45, 2.75) is 26.7 Å². The van der Waals surface area contributed by atoms with Crippen LogP contribution in [0.5, 0.6) is 0 Å². The largest absolute Gasteiger partial charge is 0.481 e. The topological polar surface area (TPSA) is 108 Å². The first-order valence-electron chi connectivity index (χ1n) is 8.75. The third kappa shape index (κ3) is 3.87. The number of carbonyl (C=O) groups is 3. The van der Waals surface area contributed by atoms with E-state index >= 15 is 0 Å². The van der Waals surface area contributed by atoms with E-state index in [9.17, 15) is 14.4 Å². The Kier molecular flexibility index (Phi) is 5.69. The standard InChI is InChI=1S/C20H19BrN2O5/c1-3-28-20(27)18-10(2)12(5-7-17(24)25)16(22-18)9-14-13-8-11(21)4-6-15(13)23-19(14)26/h4,6,8-9,22H,3,5,7H2,1-2H3,(H,23,26)(H,24,25)/b14-9-. The summed E-state index contributed by atoms with van der Waals surface area (Å²) in [4.78, 5) is 38.8. The fourth-order valence-corrected chi connectivity index (χ4v) is 3.55. The molecule has 1 amide bonds. The highest BCUT2D eigenvalue weighted by atomic mass is 79.9. The van der Waals surface area contributed by atoms with E-state index in [1.807, 2.05) is 12.1 Å². The Morgan fingerprint density at radius 2 is 2.07 bits per heavy atom. The minimum Gasteiger partial charge on any atom is -0.481 e. The molecule has 0 aliphatic carbocycles. The molecule has 0 saturated heterocycles. The Labute approximate surface area is 169 Å². The number of carboxylic acids is 1. The summed E-state index contributed by atoms with van der Waals surface area (Å²) < 4.78 is 5.90. The second kappa shape index (κ2) is 8.02. The van der Waals surface area contributed by atoms with Gasteiger partial charge in [-0.1, -0.05) is 15.9 Å². The number of anilines is 1. The van der Waals surface area contributed by atoms with Gasteiger partial charge in [-0.05, 0) is 55.7 Å². The van der Waals surface area contributed by atoms with Crippen molar-refractivity contribution < 1.29 is 24.2 Å². The van der Waals surface area contributed by atoms with Gasteiger partial charge in [0.25, 0.3) is 5.91 Å². The van der Waals surface area contributed by atoms with Crippen LogP contribution in [0.1, 0.15) is 46.2 Å². The molecule has 0 fully saturated rings. The Balaban J connectivity index is 2.10. The van der Waals surface area contributed by atoms with E-state index in [0.717, 1.165) is 10.0 Å². The van der Waals surface area contributed by atoms with E-state index in [2.05, 4.69) is 26.2 Å². The van der Waals surface area contributed by atoms with E-state index in [0.29, 0.717) is 28.1 Å². The van der Waals surface area contributed by atoms with Crippen molar-refractivity contribution in [3.05, 3.63) is 50.8 Å². The number of carbonyl (C=O) groups excluding carboxylic acids is 2. The van der Waals surface area contributed by atoms with Crippen LogP contribution in [0.15, 0.2) is 22.7 Å². The van der Waals surface area contributed by atoms with E-state index in [1.165, 1.54) is 0 Å². The number of aliphatic carboxylic acids is 1. The molecule has 0 unspecified atom stereocenters. The van der Waals surface area contributed by atoms with Gasteiger partial charge in [0, 0.05) is 27.8 Å². The lowest BCUT2D eigenvalue weighted by Crippen LogP contribution is -2.07. The number of halogens is 1. The van der Waals surface area contributed by atoms with E-state index in [-0.39, 0.29) is 31.0 Å². The fraction of sp³-hybridized carbons (Fsp3) is 0.250. The lowest BCUT2D eigenvalue weighted by molar-refractivity contribution is -0.137. The quantitative estimate of drug-likeness (QED) is 0.462. The molecular formula is C20H19BrN2O5. The molecule has 0 bridgehead atoms. The van der Waals surface area contributed by atoms with Gasteiger partial charge in [0.2, 0.25) is 0 Å². The molecular weight excluding hydrogens is 428 g/mol. The van der Waals surface area contributed by atoms with Crippen LogP contribution >= 0.6 is 15.9 Å². The Bertz CT molecular complexity index is 1010. The number of hydrogen-bond acceptors (Lipinski definition) is 4. The molecule has 0 saturated carbocycles. The van der Waals surface area contributed by atoms with Crippen LogP contribution in [-0.2, 0) is 20.7 Å². The van der Waals surface area contributed by atoms with Crippen LogP contribution in [-0.4, -0.2) is 34.5 Å². The van der Waals surface area contributed by atoms with Crippen LogP contribution in [0, 0.1) is 6.92 Å². The smallest absolute Gasteiger partial charge is 0.355 e. The highest BCUT2D eigenvalue weighted by Gasteiger charge is 2.26. The normalized spacial score (nSPS) is 14.1. The summed E-state index contributed by atoms with van der Waals surface area (Å²) in [5, 5.41) is 11.9. The van der Waals surface area contributed by atoms with Gasteiger partial charge in [-0.2, -0.15) is 0 Å². The van der Waals surface area contributed by atoms with Gasteiger partial charge >= 0.3 is 11.9 Å². The molecule has 0 radical (unpaired) electrons. The summed E-state index contributed by atoms with van der Waals surface area (Å²) in [6.07, 6.45) is 1.79. The summed E-state index contributed by atoms with van der Waals surface area (Å²) in [7, 11) is 0. The molecule has 1 aromatic heterocycles. The number of nitrogens with one attached hydrogen (secondary N) is 2. The number of aromatic nitrogens is 1. The first kappa shape index (κ1) is 19.9. The highest BCUT2D eigenvalue weighted by Crippen LogP contribution is 2.36. The van der Waals surface area contributed by atoms with Crippen molar-refractivity contribution in [1.29, 1.82) is 0 Å². The molecule has 2 aromatic rings. The molecule has 1 aliphatic rings. The zero-order chi connectivity index (χ0) is 20.4. The predicted molar refractivity (Wildman–Crippen MR) is 108 cm³/mol. The summed E-state index contributed by atoms with van der Waals surface area (Å²) in [5.74, 6) is -1.72. The van der Waals surface area contributed by atoms with E-state index in [4.69, 9.17) is 9.84 Å². The van der Waals surface area contributed by atoms with Crippen molar-refractivity contribution in [3.63, 3.8) is 0 Å². The van der Waals surface area contributed by atoms with Crippen molar-refractivity contribution in [3.8, 4) is 0 Å². The number of benzene rings is 1.